The zero-order valence-electron chi connectivity index (χ0n) is 12.0. The van der Waals surface area contributed by atoms with Gasteiger partial charge in [-0.1, -0.05) is 27.7 Å². The summed E-state index contributed by atoms with van der Waals surface area (Å²) in [5.41, 5.74) is 1.36. The highest BCUT2D eigenvalue weighted by molar-refractivity contribution is 5.29. The quantitative estimate of drug-likeness (QED) is 0.893. The van der Waals surface area contributed by atoms with Crippen molar-refractivity contribution in [3.05, 3.63) is 12.0 Å². The summed E-state index contributed by atoms with van der Waals surface area (Å²) in [5, 5.41) is 3.26. The summed E-state index contributed by atoms with van der Waals surface area (Å²) in [5.74, 6) is 0.724. The number of anilines is 1. The van der Waals surface area contributed by atoms with Gasteiger partial charge < -0.3 is 14.6 Å². The minimum absolute atomic E-state index is 0.369. The first-order valence-corrected chi connectivity index (χ1v) is 6.90. The molecule has 1 fully saturated rings. The molecule has 4 nitrogen and oxygen atoms in total. The van der Waals surface area contributed by atoms with E-state index in [2.05, 4.69) is 42.9 Å². The second-order valence-corrected chi connectivity index (χ2v) is 6.20. The number of hydrogen-bond acceptors (Lipinski definition) is 4. The van der Waals surface area contributed by atoms with Crippen LogP contribution in [0, 0.1) is 11.3 Å². The lowest BCUT2D eigenvalue weighted by atomic mass is 9.80. The van der Waals surface area contributed by atoms with Gasteiger partial charge in [0, 0.05) is 19.6 Å². The molecule has 1 aromatic heterocycles. The maximum atomic E-state index is 5.58. The zero-order chi connectivity index (χ0) is 13.2. The molecule has 0 amide bonds. The van der Waals surface area contributed by atoms with E-state index in [0.717, 1.165) is 43.8 Å². The second kappa shape index (κ2) is 5.31. The Hall–Kier alpha value is -1.03. The molecule has 1 N–H and O–H groups in total. The monoisotopic (exact) mass is 251 g/mol. The van der Waals surface area contributed by atoms with E-state index >= 15 is 0 Å². The van der Waals surface area contributed by atoms with Gasteiger partial charge in [0.15, 0.2) is 0 Å². The first-order chi connectivity index (χ1) is 8.50. The third kappa shape index (κ3) is 3.05. The molecular formula is C14H25N3O. The lowest BCUT2D eigenvalue weighted by molar-refractivity contribution is 0.263. The summed E-state index contributed by atoms with van der Waals surface area (Å²) >= 11 is 0. The highest BCUT2D eigenvalue weighted by Gasteiger charge is 2.33. The molecule has 0 aliphatic carbocycles. The van der Waals surface area contributed by atoms with E-state index in [1.54, 1.807) is 6.26 Å². The van der Waals surface area contributed by atoms with Crippen LogP contribution in [0.15, 0.2) is 10.7 Å². The van der Waals surface area contributed by atoms with E-state index in [1.807, 2.05) is 0 Å². The van der Waals surface area contributed by atoms with Gasteiger partial charge in [0.2, 0.25) is 0 Å². The summed E-state index contributed by atoms with van der Waals surface area (Å²) in [7, 11) is 0. The van der Waals surface area contributed by atoms with Crippen molar-refractivity contribution in [1.82, 2.24) is 10.3 Å². The van der Waals surface area contributed by atoms with Gasteiger partial charge in [-0.05, 0) is 24.3 Å². The largest absolute Gasteiger partial charge is 0.432 e. The molecule has 1 aliphatic heterocycles. The van der Waals surface area contributed by atoms with Crippen LogP contribution in [0.5, 0.6) is 0 Å². The number of oxazole rings is 1. The van der Waals surface area contributed by atoms with Crippen LogP contribution in [0.4, 0.5) is 6.01 Å². The average molecular weight is 251 g/mol. The minimum atomic E-state index is 0.369. The Morgan fingerprint density at radius 1 is 1.50 bits per heavy atom. The zero-order valence-corrected chi connectivity index (χ0v) is 12.0. The Morgan fingerprint density at radius 2 is 2.28 bits per heavy atom. The molecule has 18 heavy (non-hydrogen) atoms. The predicted octanol–water partition coefficient (Wildman–Crippen LogP) is 2.66. The van der Waals surface area contributed by atoms with Crippen LogP contribution in [0.25, 0.3) is 0 Å². The number of nitrogens with one attached hydrogen (secondary N) is 1. The second-order valence-electron chi connectivity index (χ2n) is 6.20. The number of nitrogens with zero attached hydrogens (tertiary/aromatic N) is 2. The van der Waals surface area contributed by atoms with Crippen LogP contribution in [-0.2, 0) is 6.54 Å². The van der Waals surface area contributed by atoms with Crippen molar-refractivity contribution in [3.8, 4) is 0 Å². The van der Waals surface area contributed by atoms with Gasteiger partial charge >= 0.3 is 0 Å². The first-order valence-electron chi connectivity index (χ1n) is 6.90. The number of rotatable bonds is 4. The van der Waals surface area contributed by atoms with E-state index in [1.165, 1.54) is 6.42 Å². The van der Waals surface area contributed by atoms with E-state index in [9.17, 15) is 0 Å². The Balaban J connectivity index is 1.95. The van der Waals surface area contributed by atoms with Gasteiger partial charge in [-0.3, -0.25) is 0 Å². The fraction of sp³-hybridized carbons (Fsp3) is 0.786. The molecule has 1 saturated heterocycles. The summed E-state index contributed by atoms with van der Waals surface area (Å²) in [6.45, 7) is 12.9. The van der Waals surface area contributed by atoms with Crippen LogP contribution in [0.2, 0.25) is 0 Å². The van der Waals surface area contributed by atoms with Crippen LogP contribution in [-0.4, -0.2) is 24.6 Å². The normalized spacial score (nSPS) is 20.7. The lowest BCUT2D eigenvalue weighted by Crippen LogP contribution is -2.26. The fourth-order valence-corrected chi connectivity index (χ4v) is 2.42. The summed E-state index contributed by atoms with van der Waals surface area (Å²) in [4.78, 5) is 6.81. The Kier molecular flexibility index (Phi) is 3.95. The van der Waals surface area contributed by atoms with E-state index in [-0.39, 0.29) is 0 Å². The van der Waals surface area contributed by atoms with E-state index < -0.39 is 0 Å². The molecule has 0 aromatic carbocycles. The van der Waals surface area contributed by atoms with Gasteiger partial charge in [-0.25, -0.2) is 0 Å². The Morgan fingerprint density at radius 3 is 2.89 bits per heavy atom. The van der Waals surface area contributed by atoms with Gasteiger partial charge in [-0.15, -0.1) is 0 Å². The molecule has 1 aliphatic rings. The predicted molar refractivity (Wildman–Crippen MR) is 73.7 cm³/mol. The molecule has 1 aromatic rings. The highest BCUT2D eigenvalue weighted by Crippen LogP contribution is 2.35. The summed E-state index contributed by atoms with van der Waals surface area (Å²) in [6, 6.07) is 0.787. The molecular weight excluding hydrogens is 226 g/mol. The number of aromatic nitrogens is 1. The van der Waals surface area contributed by atoms with Crippen molar-refractivity contribution in [2.45, 2.75) is 40.7 Å². The third-order valence-corrected chi connectivity index (χ3v) is 3.78. The van der Waals surface area contributed by atoms with Crippen molar-refractivity contribution in [2.24, 2.45) is 11.3 Å². The highest BCUT2D eigenvalue weighted by atomic mass is 16.4. The van der Waals surface area contributed by atoms with Crippen LogP contribution in [0.1, 0.15) is 39.8 Å². The average Bonchev–Trinajstić information content (AvgIpc) is 2.93. The Labute approximate surface area is 110 Å². The van der Waals surface area contributed by atoms with Crippen LogP contribution < -0.4 is 10.2 Å². The maximum Gasteiger partial charge on any atom is 0.297 e. The Bertz CT molecular complexity index is 381. The molecule has 102 valence electrons. The van der Waals surface area contributed by atoms with Crippen molar-refractivity contribution in [1.29, 1.82) is 0 Å². The van der Waals surface area contributed by atoms with Crippen molar-refractivity contribution in [2.75, 3.05) is 24.5 Å². The molecule has 2 rings (SSSR count). The smallest absolute Gasteiger partial charge is 0.297 e. The topological polar surface area (TPSA) is 41.3 Å². The molecule has 2 heterocycles. The SMILES string of the molecule is CCNCc1coc(N2CCC(C(C)(C)C)C2)n1. The first kappa shape index (κ1) is 13.4. The van der Waals surface area contributed by atoms with Crippen molar-refractivity contribution < 1.29 is 4.42 Å². The van der Waals surface area contributed by atoms with Crippen LogP contribution >= 0.6 is 0 Å². The van der Waals surface area contributed by atoms with Crippen LogP contribution in [0.3, 0.4) is 0 Å². The van der Waals surface area contributed by atoms with Gasteiger partial charge in [0.1, 0.15) is 6.26 Å². The lowest BCUT2D eigenvalue weighted by Gasteiger charge is -2.26. The van der Waals surface area contributed by atoms with E-state index in [0.29, 0.717) is 5.41 Å². The minimum Gasteiger partial charge on any atom is -0.432 e. The molecule has 0 radical (unpaired) electrons. The number of hydrogen-bond donors (Lipinski definition) is 1. The van der Waals surface area contributed by atoms with Crippen molar-refractivity contribution >= 4 is 6.01 Å². The van der Waals surface area contributed by atoms with E-state index in [4.69, 9.17) is 4.42 Å². The molecule has 4 heteroatoms. The summed E-state index contributed by atoms with van der Waals surface area (Å²) < 4.78 is 5.58. The molecule has 0 bridgehead atoms. The van der Waals surface area contributed by atoms with Gasteiger partial charge in [-0.2, -0.15) is 4.98 Å². The fourth-order valence-electron chi connectivity index (χ4n) is 2.42. The van der Waals surface area contributed by atoms with Gasteiger partial charge in [0.05, 0.1) is 5.69 Å². The third-order valence-electron chi connectivity index (χ3n) is 3.78. The maximum absolute atomic E-state index is 5.58. The molecule has 1 unspecified atom stereocenters. The van der Waals surface area contributed by atoms with Crippen molar-refractivity contribution in [3.63, 3.8) is 0 Å². The molecule has 0 saturated carbocycles. The summed E-state index contributed by atoms with van der Waals surface area (Å²) in [6.07, 6.45) is 3.00. The molecule has 1 atom stereocenters. The molecule has 0 spiro atoms. The van der Waals surface area contributed by atoms with Gasteiger partial charge in [0.25, 0.3) is 6.01 Å². The standard InChI is InChI=1S/C14H25N3O/c1-5-15-8-12-10-18-13(16-12)17-7-6-11(9-17)14(2,3)4/h10-11,15H,5-9H2,1-4H3.